The number of anilines is 1. The summed E-state index contributed by atoms with van der Waals surface area (Å²) >= 11 is 6.38. The molecule has 0 aliphatic heterocycles. The molecular formula is C28H31ClFN3O4S. The highest BCUT2D eigenvalue weighted by Crippen LogP contribution is 2.31. The molecule has 202 valence electrons. The van der Waals surface area contributed by atoms with Gasteiger partial charge in [0.05, 0.1) is 15.6 Å². The van der Waals surface area contributed by atoms with E-state index in [1.54, 1.807) is 31.2 Å². The summed E-state index contributed by atoms with van der Waals surface area (Å²) in [7, 11) is -4.21. The molecule has 0 radical (unpaired) electrons. The number of hydrogen-bond donors (Lipinski definition) is 1. The van der Waals surface area contributed by atoms with Gasteiger partial charge in [0.2, 0.25) is 11.8 Å². The van der Waals surface area contributed by atoms with E-state index in [9.17, 15) is 22.4 Å². The normalized spacial score (nSPS) is 12.0. The van der Waals surface area contributed by atoms with Crippen molar-refractivity contribution in [1.29, 1.82) is 0 Å². The molecule has 0 aromatic heterocycles. The second-order valence-corrected chi connectivity index (χ2v) is 11.2. The molecule has 3 rings (SSSR count). The zero-order valence-electron chi connectivity index (χ0n) is 21.5. The summed E-state index contributed by atoms with van der Waals surface area (Å²) in [5, 5.41) is 2.92. The Kier molecular flexibility index (Phi) is 9.88. The van der Waals surface area contributed by atoms with Gasteiger partial charge in [-0.1, -0.05) is 60.5 Å². The summed E-state index contributed by atoms with van der Waals surface area (Å²) in [4.78, 5) is 27.9. The van der Waals surface area contributed by atoms with Gasteiger partial charge in [-0.05, 0) is 62.2 Å². The summed E-state index contributed by atoms with van der Waals surface area (Å²) < 4.78 is 42.0. The molecule has 0 saturated heterocycles. The first-order valence-corrected chi connectivity index (χ1v) is 14.0. The van der Waals surface area contributed by atoms with Crippen LogP contribution in [-0.4, -0.2) is 44.3 Å². The van der Waals surface area contributed by atoms with Crippen LogP contribution in [0.4, 0.5) is 10.1 Å². The van der Waals surface area contributed by atoms with Crippen molar-refractivity contribution in [3.05, 3.63) is 94.8 Å². The van der Waals surface area contributed by atoms with Crippen LogP contribution in [0.2, 0.25) is 5.02 Å². The van der Waals surface area contributed by atoms with Crippen LogP contribution in [0.3, 0.4) is 0 Å². The summed E-state index contributed by atoms with van der Waals surface area (Å²) in [6.07, 6.45) is 0.708. The fourth-order valence-electron chi connectivity index (χ4n) is 3.77. The summed E-state index contributed by atoms with van der Waals surface area (Å²) in [6, 6.07) is 17.2. The zero-order valence-corrected chi connectivity index (χ0v) is 23.1. The monoisotopic (exact) mass is 559 g/mol. The highest BCUT2D eigenvalue weighted by Gasteiger charge is 2.33. The smallest absolute Gasteiger partial charge is 0.264 e. The molecule has 2 amide bonds. The molecule has 1 atom stereocenters. The minimum absolute atomic E-state index is 0.00496. The van der Waals surface area contributed by atoms with Crippen LogP contribution in [-0.2, 0) is 26.2 Å². The predicted octanol–water partition coefficient (Wildman–Crippen LogP) is 4.93. The topological polar surface area (TPSA) is 86.8 Å². The van der Waals surface area contributed by atoms with Gasteiger partial charge < -0.3 is 10.2 Å². The number of benzene rings is 3. The van der Waals surface area contributed by atoms with Gasteiger partial charge in [-0.25, -0.2) is 12.8 Å². The molecule has 0 aliphatic carbocycles. The van der Waals surface area contributed by atoms with Gasteiger partial charge >= 0.3 is 0 Å². The van der Waals surface area contributed by atoms with Gasteiger partial charge in [0, 0.05) is 13.1 Å². The van der Waals surface area contributed by atoms with E-state index in [2.05, 4.69) is 5.32 Å². The molecule has 0 spiro atoms. The Labute approximate surface area is 228 Å². The fraction of sp³-hybridized carbons (Fsp3) is 0.286. The Morgan fingerprint density at radius 2 is 1.63 bits per heavy atom. The first kappa shape index (κ1) is 29.1. The standard InChI is InChI=1S/C28H31ClFN3O4S/c1-4-17-31-28(35)21(3)32(18-22-11-13-23(30)14-12-22)27(34)19-33(26-8-6-5-7-25(26)29)38(36,37)24-15-9-20(2)10-16-24/h5-16,21H,4,17-19H2,1-3H3,(H,31,35)/t21-/m1/s1. The first-order chi connectivity index (χ1) is 18.0. The van der Waals surface area contributed by atoms with E-state index < -0.39 is 34.3 Å². The van der Waals surface area contributed by atoms with Crippen molar-refractivity contribution < 1.29 is 22.4 Å². The third-order valence-corrected chi connectivity index (χ3v) is 8.09. The van der Waals surface area contributed by atoms with Crippen molar-refractivity contribution in [1.82, 2.24) is 10.2 Å². The Morgan fingerprint density at radius 3 is 2.24 bits per heavy atom. The Morgan fingerprint density at radius 1 is 1.00 bits per heavy atom. The fourth-order valence-corrected chi connectivity index (χ4v) is 5.49. The maximum atomic E-state index is 13.8. The number of rotatable bonds is 11. The lowest BCUT2D eigenvalue weighted by molar-refractivity contribution is -0.139. The van der Waals surface area contributed by atoms with Gasteiger partial charge in [0.15, 0.2) is 0 Å². The van der Waals surface area contributed by atoms with Gasteiger partial charge in [-0.2, -0.15) is 0 Å². The van der Waals surface area contributed by atoms with Gasteiger partial charge in [0.25, 0.3) is 10.0 Å². The molecule has 0 aliphatic rings. The number of halogens is 2. The van der Waals surface area contributed by atoms with E-state index in [1.807, 2.05) is 13.8 Å². The molecular weight excluding hydrogens is 529 g/mol. The molecule has 0 unspecified atom stereocenters. The lowest BCUT2D eigenvalue weighted by Gasteiger charge is -2.32. The lowest BCUT2D eigenvalue weighted by Crippen LogP contribution is -2.51. The molecule has 3 aromatic rings. The largest absolute Gasteiger partial charge is 0.354 e. The number of aryl methyl sites for hydroxylation is 1. The minimum Gasteiger partial charge on any atom is -0.354 e. The van der Waals surface area contributed by atoms with E-state index in [0.29, 0.717) is 18.5 Å². The van der Waals surface area contributed by atoms with Crippen LogP contribution >= 0.6 is 11.6 Å². The molecule has 7 nitrogen and oxygen atoms in total. The summed E-state index contributed by atoms with van der Waals surface area (Å²) in [6.45, 7) is 5.11. The molecule has 0 fully saturated rings. The Bertz CT molecular complexity index is 1370. The van der Waals surface area contributed by atoms with E-state index in [-0.39, 0.29) is 28.1 Å². The van der Waals surface area contributed by atoms with Gasteiger partial charge in [0.1, 0.15) is 18.4 Å². The third kappa shape index (κ3) is 7.11. The van der Waals surface area contributed by atoms with Gasteiger partial charge in [-0.15, -0.1) is 0 Å². The van der Waals surface area contributed by atoms with Crippen LogP contribution in [0.1, 0.15) is 31.4 Å². The molecule has 38 heavy (non-hydrogen) atoms. The molecule has 0 bridgehead atoms. The Balaban J connectivity index is 2.02. The molecule has 0 saturated carbocycles. The van der Waals surface area contributed by atoms with E-state index in [4.69, 9.17) is 11.6 Å². The zero-order chi connectivity index (χ0) is 27.9. The van der Waals surface area contributed by atoms with Crippen molar-refractivity contribution in [2.24, 2.45) is 0 Å². The third-order valence-electron chi connectivity index (χ3n) is 5.99. The maximum absolute atomic E-state index is 13.8. The molecule has 1 N–H and O–H groups in total. The lowest BCUT2D eigenvalue weighted by atomic mass is 10.1. The summed E-state index contributed by atoms with van der Waals surface area (Å²) in [5.74, 6) is -1.44. The average Bonchev–Trinajstić information content (AvgIpc) is 2.90. The van der Waals surface area contributed by atoms with Crippen molar-refractivity contribution in [3.8, 4) is 0 Å². The van der Waals surface area contributed by atoms with E-state index >= 15 is 0 Å². The minimum atomic E-state index is -4.21. The second-order valence-electron chi connectivity index (χ2n) is 8.89. The Hall–Kier alpha value is -3.43. The van der Waals surface area contributed by atoms with Crippen LogP contribution in [0.25, 0.3) is 0 Å². The molecule has 0 heterocycles. The van der Waals surface area contributed by atoms with Gasteiger partial charge in [-0.3, -0.25) is 13.9 Å². The maximum Gasteiger partial charge on any atom is 0.264 e. The number of nitrogens with one attached hydrogen (secondary N) is 1. The number of para-hydroxylation sites is 1. The number of carbonyl (C=O) groups excluding carboxylic acids is 2. The number of hydrogen-bond acceptors (Lipinski definition) is 4. The number of sulfonamides is 1. The average molecular weight is 560 g/mol. The van der Waals surface area contributed by atoms with Crippen LogP contribution in [0, 0.1) is 12.7 Å². The van der Waals surface area contributed by atoms with Crippen LogP contribution in [0.5, 0.6) is 0 Å². The molecule has 10 heteroatoms. The highest BCUT2D eigenvalue weighted by atomic mass is 35.5. The van der Waals surface area contributed by atoms with Crippen molar-refractivity contribution >= 4 is 39.1 Å². The summed E-state index contributed by atoms with van der Waals surface area (Å²) in [5.41, 5.74) is 1.59. The van der Waals surface area contributed by atoms with E-state index in [1.165, 1.54) is 53.4 Å². The molecule has 3 aromatic carbocycles. The number of amides is 2. The first-order valence-electron chi connectivity index (χ1n) is 12.2. The van der Waals surface area contributed by atoms with Crippen LogP contribution < -0.4 is 9.62 Å². The van der Waals surface area contributed by atoms with Crippen molar-refractivity contribution in [2.75, 3.05) is 17.4 Å². The number of carbonyl (C=O) groups is 2. The quantitative estimate of drug-likeness (QED) is 0.361. The highest BCUT2D eigenvalue weighted by molar-refractivity contribution is 7.92. The van der Waals surface area contributed by atoms with Crippen molar-refractivity contribution in [3.63, 3.8) is 0 Å². The van der Waals surface area contributed by atoms with E-state index in [0.717, 1.165) is 9.87 Å². The predicted molar refractivity (Wildman–Crippen MR) is 147 cm³/mol. The second kappa shape index (κ2) is 12.9. The van der Waals surface area contributed by atoms with Crippen molar-refractivity contribution in [2.45, 2.75) is 44.7 Å². The van der Waals surface area contributed by atoms with Crippen LogP contribution in [0.15, 0.2) is 77.7 Å². The SMILES string of the molecule is CCCNC(=O)[C@@H](C)N(Cc1ccc(F)cc1)C(=O)CN(c1ccccc1Cl)S(=O)(=O)c1ccc(C)cc1. The number of nitrogens with zero attached hydrogens (tertiary/aromatic N) is 2.